The molecule has 2 rings (SSSR count). The minimum atomic E-state index is -0.0275. The largest absolute Gasteiger partial charge is 0.379 e. The summed E-state index contributed by atoms with van der Waals surface area (Å²) in [6.45, 7) is 6.44. The van der Waals surface area contributed by atoms with E-state index in [0.29, 0.717) is 6.54 Å². The molecular weight excluding hydrogens is 212 g/mol. The molecule has 94 valence electrons. The monoisotopic (exact) mass is 234 g/mol. The highest BCUT2D eigenvalue weighted by Crippen LogP contribution is 2.30. The van der Waals surface area contributed by atoms with E-state index in [1.807, 2.05) is 0 Å². The third kappa shape index (κ3) is 2.31. The fraction of sp³-hybridized carbons (Fsp3) is 0.571. The Morgan fingerprint density at radius 3 is 2.41 bits per heavy atom. The molecule has 1 fully saturated rings. The van der Waals surface area contributed by atoms with Crippen LogP contribution in [0, 0.1) is 13.8 Å². The molecule has 17 heavy (non-hydrogen) atoms. The van der Waals surface area contributed by atoms with Crippen molar-refractivity contribution in [3.8, 4) is 0 Å². The van der Waals surface area contributed by atoms with Crippen molar-refractivity contribution in [2.45, 2.75) is 25.8 Å². The highest BCUT2D eigenvalue weighted by atomic mass is 16.5. The summed E-state index contributed by atoms with van der Waals surface area (Å²) >= 11 is 0. The highest BCUT2D eigenvalue weighted by Gasteiger charge is 2.37. The summed E-state index contributed by atoms with van der Waals surface area (Å²) in [6.07, 6.45) is 1.01. The van der Waals surface area contributed by atoms with Crippen LogP contribution in [0.15, 0.2) is 18.2 Å². The molecule has 0 saturated carbocycles. The first-order valence-corrected chi connectivity index (χ1v) is 6.17. The molecule has 1 aliphatic rings. The zero-order chi connectivity index (χ0) is 12.5. The first kappa shape index (κ1) is 12.4. The van der Waals surface area contributed by atoms with Gasteiger partial charge in [-0.25, -0.2) is 0 Å². The summed E-state index contributed by atoms with van der Waals surface area (Å²) in [4.78, 5) is 2.29. The molecule has 1 unspecified atom stereocenters. The predicted octanol–water partition coefficient (Wildman–Crippen LogP) is 1.86. The van der Waals surface area contributed by atoms with Gasteiger partial charge >= 0.3 is 0 Å². The van der Waals surface area contributed by atoms with Gasteiger partial charge < -0.3 is 15.4 Å². The van der Waals surface area contributed by atoms with E-state index >= 15 is 0 Å². The number of hydrogen-bond donors (Lipinski definition) is 1. The van der Waals surface area contributed by atoms with E-state index < -0.39 is 0 Å². The Hall–Kier alpha value is -1.06. The van der Waals surface area contributed by atoms with Crippen molar-refractivity contribution < 1.29 is 4.74 Å². The lowest BCUT2D eigenvalue weighted by Crippen LogP contribution is -2.53. The van der Waals surface area contributed by atoms with Gasteiger partial charge in [0.25, 0.3) is 0 Å². The normalized spacial score (nSPS) is 24.0. The van der Waals surface area contributed by atoms with E-state index in [1.165, 1.54) is 16.8 Å². The Kier molecular flexibility index (Phi) is 3.40. The molecule has 1 aliphatic heterocycles. The SMILES string of the molecule is Cc1cc(C)cc(N(C)C2(CN)CCOC2)c1. The zero-order valence-corrected chi connectivity index (χ0v) is 11.0. The van der Waals surface area contributed by atoms with Crippen LogP contribution in [0.4, 0.5) is 5.69 Å². The minimum Gasteiger partial charge on any atom is -0.379 e. The van der Waals surface area contributed by atoms with E-state index in [4.69, 9.17) is 10.5 Å². The summed E-state index contributed by atoms with van der Waals surface area (Å²) in [6, 6.07) is 6.61. The topological polar surface area (TPSA) is 38.5 Å². The molecular formula is C14H22N2O. The molecule has 3 heteroatoms. The Balaban J connectivity index is 2.32. The quantitative estimate of drug-likeness (QED) is 0.867. The Morgan fingerprint density at radius 1 is 1.29 bits per heavy atom. The molecule has 0 aromatic heterocycles. The van der Waals surface area contributed by atoms with Gasteiger partial charge in [0.2, 0.25) is 0 Å². The number of ether oxygens (including phenoxy) is 1. The molecule has 0 bridgehead atoms. The van der Waals surface area contributed by atoms with Crippen molar-refractivity contribution >= 4 is 5.69 Å². The van der Waals surface area contributed by atoms with Crippen LogP contribution < -0.4 is 10.6 Å². The molecule has 2 N–H and O–H groups in total. The molecule has 0 aliphatic carbocycles. The first-order chi connectivity index (χ1) is 8.07. The van der Waals surface area contributed by atoms with Crippen LogP contribution in [0.1, 0.15) is 17.5 Å². The number of nitrogens with zero attached hydrogens (tertiary/aromatic N) is 1. The second-order valence-corrected chi connectivity index (χ2v) is 5.14. The maximum absolute atomic E-state index is 5.96. The molecule has 1 atom stereocenters. The summed E-state index contributed by atoms with van der Waals surface area (Å²) in [5, 5.41) is 0. The maximum Gasteiger partial charge on any atom is 0.0775 e. The molecule has 0 radical (unpaired) electrons. The van der Waals surface area contributed by atoms with Crippen molar-refractivity contribution in [3.05, 3.63) is 29.3 Å². The molecule has 0 spiro atoms. The Morgan fingerprint density at radius 2 is 1.94 bits per heavy atom. The fourth-order valence-corrected chi connectivity index (χ4v) is 2.58. The number of hydrogen-bond acceptors (Lipinski definition) is 3. The zero-order valence-electron chi connectivity index (χ0n) is 11.0. The summed E-state index contributed by atoms with van der Waals surface area (Å²) < 4.78 is 5.53. The van der Waals surface area contributed by atoms with E-state index in [9.17, 15) is 0 Å². The summed E-state index contributed by atoms with van der Waals surface area (Å²) in [5.74, 6) is 0. The van der Waals surface area contributed by atoms with Crippen LogP contribution in [0.25, 0.3) is 0 Å². The highest BCUT2D eigenvalue weighted by molar-refractivity contribution is 5.53. The lowest BCUT2D eigenvalue weighted by molar-refractivity contribution is 0.178. The standard InChI is InChI=1S/C14H22N2O/c1-11-6-12(2)8-13(7-11)16(3)14(9-15)4-5-17-10-14/h6-8H,4-5,9-10,15H2,1-3H3. The van der Waals surface area contributed by atoms with Crippen LogP contribution in [0.5, 0.6) is 0 Å². The number of anilines is 1. The van der Waals surface area contributed by atoms with Gasteiger partial charge in [-0.3, -0.25) is 0 Å². The van der Waals surface area contributed by atoms with Crippen LogP contribution >= 0.6 is 0 Å². The molecule has 0 amide bonds. The van der Waals surface area contributed by atoms with Gasteiger partial charge in [0.15, 0.2) is 0 Å². The van der Waals surface area contributed by atoms with E-state index in [0.717, 1.165) is 19.6 Å². The number of rotatable bonds is 3. The summed E-state index contributed by atoms with van der Waals surface area (Å²) in [5.41, 5.74) is 9.75. The molecule has 3 nitrogen and oxygen atoms in total. The van der Waals surface area contributed by atoms with Crippen LogP contribution in [0.3, 0.4) is 0 Å². The smallest absolute Gasteiger partial charge is 0.0775 e. The minimum absolute atomic E-state index is 0.0275. The van der Waals surface area contributed by atoms with Crippen molar-refractivity contribution in [3.63, 3.8) is 0 Å². The fourth-order valence-electron chi connectivity index (χ4n) is 2.58. The Labute approximate surface area is 104 Å². The van der Waals surface area contributed by atoms with E-state index in [-0.39, 0.29) is 5.54 Å². The Bertz CT molecular complexity index is 377. The second kappa shape index (κ2) is 4.67. The van der Waals surface area contributed by atoms with Gasteiger partial charge in [-0.2, -0.15) is 0 Å². The maximum atomic E-state index is 5.96. The number of likely N-dealkylation sites (N-methyl/N-ethyl adjacent to an activating group) is 1. The van der Waals surface area contributed by atoms with E-state index in [2.05, 4.69) is 44.0 Å². The van der Waals surface area contributed by atoms with Gasteiger partial charge in [0.1, 0.15) is 0 Å². The second-order valence-electron chi connectivity index (χ2n) is 5.14. The molecule has 1 saturated heterocycles. The van der Waals surface area contributed by atoms with Crippen LogP contribution in [-0.2, 0) is 4.74 Å². The average molecular weight is 234 g/mol. The summed E-state index contributed by atoms with van der Waals surface area (Å²) in [7, 11) is 2.12. The van der Waals surface area contributed by atoms with Gasteiger partial charge in [0, 0.05) is 25.9 Å². The number of aryl methyl sites for hydroxylation is 2. The van der Waals surface area contributed by atoms with Crippen molar-refractivity contribution in [2.75, 3.05) is 31.7 Å². The molecule has 1 aromatic carbocycles. The lowest BCUT2D eigenvalue weighted by atomic mass is 9.95. The third-order valence-corrected chi connectivity index (χ3v) is 3.77. The van der Waals surface area contributed by atoms with Crippen molar-refractivity contribution in [1.29, 1.82) is 0 Å². The average Bonchev–Trinajstić information content (AvgIpc) is 2.76. The first-order valence-electron chi connectivity index (χ1n) is 6.17. The number of nitrogens with two attached hydrogens (primary N) is 1. The predicted molar refractivity (Wildman–Crippen MR) is 71.5 cm³/mol. The van der Waals surface area contributed by atoms with Gasteiger partial charge in [0.05, 0.1) is 12.1 Å². The number of benzene rings is 1. The van der Waals surface area contributed by atoms with Crippen LogP contribution in [0.2, 0.25) is 0 Å². The lowest BCUT2D eigenvalue weighted by Gasteiger charge is -2.38. The van der Waals surface area contributed by atoms with Crippen molar-refractivity contribution in [2.24, 2.45) is 5.73 Å². The van der Waals surface area contributed by atoms with Crippen LogP contribution in [-0.4, -0.2) is 32.3 Å². The van der Waals surface area contributed by atoms with E-state index in [1.54, 1.807) is 0 Å². The van der Waals surface area contributed by atoms with Gasteiger partial charge in [-0.15, -0.1) is 0 Å². The van der Waals surface area contributed by atoms with Crippen molar-refractivity contribution in [1.82, 2.24) is 0 Å². The molecule has 1 heterocycles. The van der Waals surface area contributed by atoms with Gasteiger partial charge in [-0.1, -0.05) is 6.07 Å². The third-order valence-electron chi connectivity index (χ3n) is 3.77. The molecule has 1 aromatic rings. The van der Waals surface area contributed by atoms with Gasteiger partial charge in [-0.05, 0) is 43.5 Å².